The smallest absolute Gasteiger partial charge is 0.0372 e. The van der Waals surface area contributed by atoms with Gasteiger partial charge in [0.1, 0.15) is 0 Å². The molecule has 16 heavy (non-hydrogen) atoms. The van der Waals surface area contributed by atoms with E-state index >= 15 is 0 Å². The highest BCUT2D eigenvalue weighted by molar-refractivity contribution is 6.59. The molecule has 0 N–H and O–H groups in total. The van der Waals surface area contributed by atoms with Gasteiger partial charge in [0.2, 0.25) is 0 Å². The van der Waals surface area contributed by atoms with E-state index in [2.05, 4.69) is 75.4 Å². The molecule has 0 saturated carbocycles. The van der Waals surface area contributed by atoms with Crippen LogP contribution in [-0.2, 0) is 0 Å². The second-order valence-electron chi connectivity index (χ2n) is 8.38. The summed E-state index contributed by atoms with van der Waals surface area (Å²) in [4.78, 5) is 0. The lowest BCUT2D eigenvalue weighted by molar-refractivity contribution is -0.0340. The molecule has 0 rings (SSSR count). The zero-order valence-electron chi connectivity index (χ0n) is 13.6. The molecule has 0 heterocycles. The minimum Gasteiger partial charge on any atom is -0.0718 e. The summed E-state index contributed by atoms with van der Waals surface area (Å²) in [5.74, 6) is 0. The largest absolute Gasteiger partial charge is 0.0718 e. The lowest BCUT2D eigenvalue weighted by Gasteiger charge is -2.59. The summed E-state index contributed by atoms with van der Waals surface area (Å²) in [6.07, 6.45) is 0. The monoisotopic (exact) mass is 242 g/mol. The average Bonchev–Trinajstić information content (AvgIpc) is 2.00. The maximum absolute atomic E-state index is 2.49. The summed E-state index contributed by atoms with van der Waals surface area (Å²) in [6.45, 7) is 26.9. The molecular weight excluding hydrogens is 208 g/mol. The van der Waals surface area contributed by atoms with Crippen molar-refractivity contribution in [1.29, 1.82) is 0 Å². The molecule has 0 aliphatic heterocycles. The van der Waals surface area contributed by atoms with Gasteiger partial charge < -0.3 is 0 Å². The molecule has 0 atom stereocenters. The first-order valence-corrected chi connectivity index (χ1v) is 9.58. The summed E-state index contributed by atoms with van der Waals surface area (Å²) in [5.41, 5.74) is 1.04. The summed E-state index contributed by atoms with van der Waals surface area (Å²) < 4.78 is 0. The maximum atomic E-state index is 2.49. The van der Waals surface area contributed by atoms with Crippen LogP contribution in [0.15, 0.2) is 0 Å². The van der Waals surface area contributed by atoms with Gasteiger partial charge in [-0.2, -0.15) is 0 Å². The summed E-state index contributed by atoms with van der Waals surface area (Å²) in [5, 5.41) is 0.476. The first-order valence-electron chi connectivity index (χ1n) is 6.69. The molecule has 0 nitrogen and oxygen atoms in total. The Kier molecular flexibility index (Phi) is 4.21. The van der Waals surface area contributed by atoms with E-state index in [0.717, 1.165) is 0 Å². The van der Waals surface area contributed by atoms with Crippen LogP contribution in [0.1, 0.15) is 62.3 Å². The van der Waals surface area contributed by atoms with Crippen LogP contribution in [0, 0.1) is 16.2 Å². The highest BCUT2D eigenvalue weighted by Gasteiger charge is 2.53. The lowest BCUT2D eigenvalue weighted by Crippen LogP contribution is -2.51. The lowest BCUT2D eigenvalue weighted by atomic mass is 9.52. The fourth-order valence-corrected chi connectivity index (χ4v) is 4.27. The zero-order chi connectivity index (χ0) is 13.6. The third-order valence-corrected chi connectivity index (χ3v) is 10.1. The Balaban J connectivity index is 5.53. The SMILES string of the molecule is C[SiH](C)C(C)(C)C(C)(C)C(C)(C)C(C)(C)C. The standard InChI is InChI=1S/C15H34Si/c1-12(2,3)13(4,5)14(6,7)15(8,9)16(10)11/h16H,1-11H3. The molecule has 0 amide bonds. The predicted octanol–water partition coefficient (Wildman–Crippen LogP) is 5.35. The van der Waals surface area contributed by atoms with Gasteiger partial charge in [0.05, 0.1) is 0 Å². The Bertz CT molecular complexity index is 239. The van der Waals surface area contributed by atoms with Crippen LogP contribution < -0.4 is 0 Å². The second-order valence-corrected chi connectivity index (χ2v) is 12.1. The molecular formula is C15H34Si. The van der Waals surface area contributed by atoms with Gasteiger partial charge in [0, 0.05) is 8.80 Å². The molecule has 0 spiro atoms. The molecule has 0 saturated heterocycles. The second kappa shape index (κ2) is 4.15. The molecule has 0 aromatic carbocycles. The van der Waals surface area contributed by atoms with Crippen molar-refractivity contribution in [3.05, 3.63) is 0 Å². The Labute approximate surface area is 106 Å². The third kappa shape index (κ3) is 2.25. The topological polar surface area (TPSA) is 0 Å². The van der Waals surface area contributed by atoms with E-state index in [1.54, 1.807) is 0 Å². The quantitative estimate of drug-likeness (QED) is 0.585. The molecule has 0 aliphatic carbocycles. The van der Waals surface area contributed by atoms with Crippen LogP contribution in [0.2, 0.25) is 18.1 Å². The van der Waals surface area contributed by atoms with Crippen molar-refractivity contribution in [2.24, 2.45) is 16.2 Å². The van der Waals surface area contributed by atoms with E-state index in [-0.39, 0.29) is 0 Å². The van der Waals surface area contributed by atoms with Crippen LogP contribution in [0.5, 0.6) is 0 Å². The van der Waals surface area contributed by atoms with Crippen molar-refractivity contribution >= 4 is 8.80 Å². The van der Waals surface area contributed by atoms with Crippen LogP contribution in [0.3, 0.4) is 0 Å². The molecule has 0 fully saturated rings. The number of rotatable bonds is 3. The van der Waals surface area contributed by atoms with Gasteiger partial charge in [-0.05, 0) is 21.3 Å². The fraction of sp³-hybridized carbons (Fsp3) is 1.00. The molecule has 0 aromatic rings. The van der Waals surface area contributed by atoms with Crippen LogP contribution in [0.25, 0.3) is 0 Å². The summed E-state index contributed by atoms with van der Waals surface area (Å²) in [7, 11) is -0.676. The van der Waals surface area contributed by atoms with E-state index < -0.39 is 8.80 Å². The Hall–Kier alpha value is 0.217. The average molecular weight is 243 g/mol. The highest BCUT2D eigenvalue weighted by atomic mass is 28.3. The van der Waals surface area contributed by atoms with Gasteiger partial charge in [-0.15, -0.1) is 0 Å². The first kappa shape index (κ1) is 16.2. The number of hydrogen-bond donors (Lipinski definition) is 0. The van der Waals surface area contributed by atoms with Gasteiger partial charge >= 0.3 is 0 Å². The minimum absolute atomic E-state index is 0.334. The van der Waals surface area contributed by atoms with E-state index in [0.29, 0.717) is 21.3 Å². The Morgan fingerprint density at radius 3 is 1.06 bits per heavy atom. The van der Waals surface area contributed by atoms with E-state index in [4.69, 9.17) is 0 Å². The van der Waals surface area contributed by atoms with Gasteiger partial charge in [-0.25, -0.2) is 0 Å². The molecule has 0 bridgehead atoms. The molecule has 1 heteroatoms. The van der Waals surface area contributed by atoms with E-state index in [1.165, 1.54) is 0 Å². The van der Waals surface area contributed by atoms with Gasteiger partial charge in [-0.3, -0.25) is 0 Å². The van der Waals surface area contributed by atoms with E-state index in [9.17, 15) is 0 Å². The van der Waals surface area contributed by atoms with Gasteiger partial charge in [-0.1, -0.05) is 75.4 Å². The van der Waals surface area contributed by atoms with Crippen molar-refractivity contribution in [2.75, 3.05) is 0 Å². The van der Waals surface area contributed by atoms with Gasteiger partial charge in [0.25, 0.3) is 0 Å². The van der Waals surface area contributed by atoms with Crippen molar-refractivity contribution < 1.29 is 0 Å². The van der Waals surface area contributed by atoms with E-state index in [1.807, 2.05) is 0 Å². The zero-order valence-corrected chi connectivity index (χ0v) is 14.7. The molecule has 0 aliphatic rings. The predicted molar refractivity (Wildman–Crippen MR) is 79.9 cm³/mol. The van der Waals surface area contributed by atoms with Gasteiger partial charge in [0.15, 0.2) is 0 Å². The normalized spacial score (nSPS) is 15.8. The van der Waals surface area contributed by atoms with Crippen molar-refractivity contribution in [1.82, 2.24) is 0 Å². The van der Waals surface area contributed by atoms with Crippen LogP contribution >= 0.6 is 0 Å². The van der Waals surface area contributed by atoms with Crippen molar-refractivity contribution in [2.45, 2.75) is 80.4 Å². The van der Waals surface area contributed by atoms with Crippen molar-refractivity contribution in [3.8, 4) is 0 Å². The number of hydrogen-bond acceptors (Lipinski definition) is 0. The van der Waals surface area contributed by atoms with Crippen LogP contribution in [-0.4, -0.2) is 8.80 Å². The Morgan fingerprint density at radius 2 is 0.875 bits per heavy atom. The highest BCUT2D eigenvalue weighted by Crippen LogP contribution is 2.62. The summed E-state index contributed by atoms with van der Waals surface area (Å²) >= 11 is 0. The molecule has 0 aromatic heterocycles. The summed E-state index contributed by atoms with van der Waals surface area (Å²) in [6, 6.07) is 0. The first-order chi connectivity index (χ1) is 6.69. The molecule has 0 unspecified atom stereocenters. The van der Waals surface area contributed by atoms with Crippen LogP contribution in [0.4, 0.5) is 0 Å². The Morgan fingerprint density at radius 1 is 0.562 bits per heavy atom. The molecule has 98 valence electrons. The third-order valence-electron chi connectivity index (χ3n) is 6.49. The minimum atomic E-state index is -0.676. The van der Waals surface area contributed by atoms with Crippen molar-refractivity contribution in [3.63, 3.8) is 0 Å². The molecule has 0 radical (unpaired) electrons. The maximum Gasteiger partial charge on any atom is 0.0372 e. The fourth-order valence-electron chi connectivity index (χ4n) is 2.46.